The molecule has 0 saturated heterocycles. The summed E-state index contributed by atoms with van der Waals surface area (Å²) in [5.41, 5.74) is 11.9. The fourth-order valence-electron chi connectivity index (χ4n) is 6.88. The van der Waals surface area contributed by atoms with Crippen molar-refractivity contribution in [2.24, 2.45) is 28.5 Å². The quantitative estimate of drug-likeness (QED) is 0.401. The van der Waals surface area contributed by atoms with E-state index in [-0.39, 0.29) is 5.92 Å². The van der Waals surface area contributed by atoms with E-state index in [0.29, 0.717) is 35.4 Å². The van der Waals surface area contributed by atoms with Crippen LogP contribution < -0.4 is 10.5 Å². The summed E-state index contributed by atoms with van der Waals surface area (Å²) in [5.74, 6) is 3.41. The molecule has 5 heteroatoms. The normalized spacial score (nSPS) is 27.2. The van der Waals surface area contributed by atoms with E-state index in [9.17, 15) is 4.79 Å². The summed E-state index contributed by atoms with van der Waals surface area (Å²) in [4.78, 5) is 17.7. The molecule has 4 atom stereocenters. The molecule has 0 radical (unpaired) electrons. The zero-order valence-electron chi connectivity index (χ0n) is 24.1. The number of fused-ring (bicyclic) bond motifs is 1. The van der Waals surface area contributed by atoms with Gasteiger partial charge in [-0.2, -0.15) is 0 Å². The van der Waals surface area contributed by atoms with E-state index in [4.69, 9.17) is 20.2 Å². The van der Waals surface area contributed by atoms with Gasteiger partial charge in [0.05, 0.1) is 24.7 Å². The Morgan fingerprint density at radius 2 is 2.00 bits per heavy atom. The number of nitrogens with zero attached hydrogens (tertiary/aromatic N) is 1. The largest absolute Gasteiger partial charge is 0.498 e. The van der Waals surface area contributed by atoms with Crippen LogP contribution in [-0.2, 0) is 4.74 Å². The van der Waals surface area contributed by atoms with Gasteiger partial charge in [-0.05, 0) is 103 Å². The molecule has 1 fully saturated rings. The number of carbonyl (C=O) groups is 1. The molecule has 1 saturated carbocycles. The molecule has 0 spiro atoms. The van der Waals surface area contributed by atoms with E-state index in [2.05, 4.69) is 45.1 Å². The first-order valence-corrected chi connectivity index (χ1v) is 15.4. The fraction of sp³-hybridized carbons (Fsp3) is 0.588. The zero-order valence-corrected chi connectivity index (χ0v) is 24.1. The Morgan fingerprint density at radius 1 is 1.15 bits per heavy atom. The maximum atomic E-state index is 12.9. The van der Waals surface area contributed by atoms with Gasteiger partial charge in [-0.1, -0.05) is 52.2 Å². The zero-order chi connectivity index (χ0) is 27.4. The van der Waals surface area contributed by atoms with Crippen molar-refractivity contribution < 1.29 is 14.3 Å². The lowest BCUT2D eigenvalue weighted by atomic mass is 9.79. The lowest BCUT2D eigenvalue weighted by Crippen LogP contribution is -2.23. The molecule has 5 rings (SSSR count). The van der Waals surface area contributed by atoms with E-state index in [1.54, 1.807) is 0 Å². The standard InChI is InChI=1S/C34H46N2O3/c1-4-25-15-16-36-33-31(25)28(26-12-7-8-14-29-27(19-26)13-9-17-38-29)20-30(32(33)34(35)37)39-21-24-11-6-5-10-22(2)23(3)18-24/h7,12,16,19-20,22-25H,4-6,8-11,13-15,17-18,21H2,1-3H3,(H2,35,37). The number of benzene rings is 1. The Kier molecular flexibility index (Phi) is 8.94. The van der Waals surface area contributed by atoms with Crippen LogP contribution in [0, 0.1) is 17.8 Å². The Bertz CT molecular complexity index is 1190. The third-order valence-electron chi connectivity index (χ3n) is 9.44. The van der Waals surface area contributed by atoms with Crippen molar-refractivity contribution in [1.82, 2.24) is 0 Å². The van der Waals surface area contributed by atoms with Crippen molar-refractivity contribution in [1.29, 1.82) is 0 Å². The van der Waals surface area contributed by atoms with E-state index in [0.717, 1.165) is 79.9 Å². The van der Waals surface area contributed by atoms with Gasteiger partial charge in [-0.15, -0.1) is 0 Å². The molecule has 1 aromatic rings. The van der Waals surface area contributed by atoms with Gasteiger partial charge in [-0.25, -0.2) is 0 Å². The fourth-order valence-corrected chi connectivity index (χ4v) is 6.88. The summed E-state index contributed by atoms with van der Waals surface area (Å²) < 4.78 is 12.6. The maximum absolute atomic E-state index is 12.9. The highest BCUT2D eigenvalue weighted by atomic mass is 16.5. The second-order valence-electron chi connectivity index (χ2n) is 12.2. The molecule has 4 unspecified atom stereocenters. The van der Waals surface area contributed by atoms with Gasteiger partial charge < -0.3 is 15.2 Å². The number of amides is 1. The van der Waals surface area contributed by atoms with Crippen molar-refractivity contribution in [3.8, 4) is 5.75 Å². The molecule has 39 heavy (non-hydrogen) atoms. The van der Waals surface area contributed by atoms with Crippen LogP contribution in [0.4, 0.5) is 5.69 Å². The Morgan fingerprint density at radius 3 is 2.82 bits per heavy atom. The lowest BCUT2D eigenvalue weighted by Gasteiger charge is -2.30. The van der Waals surface area contributed by atoms with Crippen LogP contribution >= 0.6 is 0 Å². The monoisotopic (exact) mass is 530 g/mol. The molecule has 4 aliphatic rings. The molecule has 1 aromatic carbocycles. The molecule has 210 valence electrons. The second-order valence-corrected chi connectivity index (χ2v) is 12.2. The number of nitrogens with two attached hydrogens (primary N) is 1. The minimum absolute atomic E-state index is 0.281. The molecule has 0 aromatic heterocycles. The van der Waals surface area contributed by atoms with Crippen LogP contribution in [0.25, 0.3) is 5.57 Å². The predicted octanol–water partition coefficient (Wildman–Crippen LogP) is 8.41. The summed E-state index contributed by atoms with van der Waals surface area (Å²) in [7, 11) is 0. The molecule has 2 aliphatic carbocycles. The van der Waals surface area contributed by atoms with Crippen molar-refractivity contribution in [2.45, 2.75) is 97.3 Å². The molecular weight excluding hydrogens is 484 g/mol. The van der Waals surface area contributed by atoms with Gasteiger partial charge in [0, 0.05) is 12.6 Å². The Labute approximate surface area is 234 Å². The molecule has 2 heterocycles. The molecule has 5 nitrogen and oxygen atoms in total. The van der Waals surface area contributed by atoms with Gasteiger partial charge >= 0.3 is 0 Å². The number of allylic oxidation sites excluding steroid dienone is 6. The van der Waals surface area contributed by atoms with Crippen molar-refractivity contribution in [2.75, 3.05) is 13.2 Å². The predicted molar refractivity (Wildman–Crippen MR) is 160 cm³/mol. The topological polar surface area (TPSA) is 73.9 Å². The number of hydrogen-bond acceptors (Lipinski definition) is 4. The molecule has 0 bridgehead atoms. The number of ether oxygens (including phenoxy) is 2. The molecule has 1 amide bonds. The lowest BCUT2D eigenvalue weighted by molar-refractivity contribution is 0.0994. The van der Waals surface area contributed by atoms with Crippen molar-refractivity contribution in [3.63, 3.8) is 0 Å². The van der Waals surface area contributed by atoms with Crippen LogP contribution in [0.5, 0.6) is 5.75 Å². The van der Waals surface area contributed by atoms with Gasteiger partial charge in [0.2, 0.25) is 0 Å². The van der Waals surface area contributed by atoms with Crippen LogP contribution in [0.1, 0.15) is 119 Å². The van der Waals surface area contributed by atoms with Gasteiger partial charge in [0.25, 0.3) is 5.91 Å². The van der Waals surface area contributed by atoms with Crippen molar-refractivity contribution in [3.05, 3.63) is 52.3 Å². The summed E-state index contributed by atoms with van der Waals surface area (Å²) in [5, 5.41) is 0. The Hall–Kier alpha value is -2.82. The summed E-state index contributed by atoms with van der Waals surface area (Å²) in [6.45, 7) is 8.37. The average Bonchev–Trinajstić information content (AvgIpc) is 2.92. The molecule has 2 aliphatic heterocycles. The van der Waals surface area contributed by atoms with E-state index in [1.807, 2.05) is 6.21 Å². The first kappa shape index (κ1) is 27.7. The van der Waals surface area contributed by atoms with E-state index in [1.165, 1.54) is 31.3 Å². The number of primary amides is 1. The minimum atomic E-state index is -0.464. The first-order chi connectivity index (χ1) is 19.0. The van der Waals surface area contributed by atoms with Crippen LogP contribution in [-0.4, -0.2) is 25.3 Å². The van der Waals surface area contributed by atoms with Gasteiger partial charge in [-0.3, -0.25) is 9.79 Å². The summed E-state index contributed by atoms with van der Waals surface area (Å²) >= 11 is 0. The SMILES string of the molecule is CCC1CC=Nc2c(C(N)=O)c(OCC3CCCCC(C)C(C)C3)cc(C3=CC4=C(CCC=C3)OCCC4)c21. The van der Waals surface area contributed by atoms with Crippen LogP contribution in [0.3, 0.4) is 0 Å². The third kappa shape index (κ3) is 6.18. The highest BCUT2D eigenvalue weighted by Crippen LogP contribution is 2.47. The second kappa shape index (κ2) is 12.6. The highest BCUT2D eigenvalue weighted by Gasteiger charge is 2.30. The highest BCUT2D eigenvalue weighted by molar-refractivity contribution is 6.04. The first-order valence-electron chi connectivity index (χ1n) is 15.4. The van der Waals surface area contributed by atoms with E-state index >= 15 is 0 Å². The summed E-state index contributed by atoms with van der Waals surface area (Å²) in [6, 6.07) is 2.10. The van der Waals surface area contributed by atoms with Gasteiger partial charge in [0.15, 0.2) is 0 Å². The molecule has 2 N–H and O–H groups in total. The Balaban J connectivity index is 1.58. The van der Waals surface area contributed by atoms with Crippen molar-refractivity contribution >= 4 is 23.4 Å². The van der Waals surface area contributed by atoms with Crippen LogP contribution in [0.2, 0.25) is 0 Å². The third-order valence-corrected chi connectivity index (χ3v) is 9.44. The maximum Gasteiger partial charge on any atom is 0.254 e. The smallest absolute Gasteiger partial charge is 0.254 e. The average molecular weight is 531 g/mol. The van der Waals surface area contributed by atoms with Crippen LogP contribution in [0.15, 0.2) is 40.6 Å². The minimum Gasteiger partial charge on any atom is -0.498 e. The number of rotatable bonds is 6. The number of aliphatic imine (C=N–C) groups is 1. The molecular formula is C34H46N2O3. The summed E-state index contributed by atoms with van der Waals surface area (Å²) in [6.07, 6.45) is 20.7. The van der Waals surface area contributed by atoms with E-state index < -0.39 is 5.91 Å². The number of hydrogen-bond donors (Lipinski definition) is 1. The number of carbonyl (C=O) groups excluding carboxylic acids is 1. The van der Waals surface area contributed by atoms with Gasteiger partial charge in [0.1, 0.15) is 11.3 Å².